The number of hydrogen-bond acceptors (Lipinski definition) is 4. The van der Waals surface area contributed by atoms with E-state index in [9.17, 15) is 25.2 Å². The highest BCUT2D eigenvalue weighted by Gasteiger charge is 2.71. The van der Waals surface area contributed by atoms with E-state index in [2.05, 4.69) is 47.6 Å². The van der Waals surface area contributed by atoms with Gasteiger partial charge in [0, 0.05) is 5.41 Å². The number of rotatable bonds is 2. The summed E-state index contributed by atoms with van der Waals surface area (Å²) in [6, 6.07) is 0. The third-order valence-corrected chi connectivity index (χ3v) is 13.3. The van der Waals surface area contributed by atoms with Gasteiger partial charge in [-0.05, 0) is 97.2 Å². The van der Waals surface area contributed by atoms with E-state index in [1.807, 2.05) is 0 Å². The quantitative estimate of drug-likeness (QED) is 0.409. The normalized spacial score (nSPS) is 55.0. The predicted molar refractivity (Wildman–Crippen MR) is 135 cm³/mol. The Morgan fingerprint density at radius 1 is 1.00 bits per heavy atom. The molecule has 8 unspecified atom stereocenters. The number of allylic oxidation sites excluding steroid dienone is 1. The molecule has 0 saturated heterocycles. The largest absolute Gasteiger partial charge is 0.481 e. The van der Waals surface area contributed by atoms with Crippen LogP contribution in [-0.4, -0.2) is 45.2 Å². The molecule has 0 spiro atoms. The van der Waals surface area contributed by atoms with Crippen molar-refractivity contribution in [1.29, 1.82) is 0 Å². The molecule has 0 aromatic heterocycles. The van der Waals surface area contributed by atoms with Crippen LogP contribution in [0.2, 0.25) is 0 Å². The summed E-state index contributed by atoms with van der Waals surface area (Å²) < 4.78 is 0. The van der Waals surface area contributed by atoms with Gasteiger partial charge in [0.25, 0.3) is 0 Å². The predicted octanol–water partition coefficient (Wildman–Crippen LogP) is 5.03. The number of carbonyl (C=O) groups is 1. The van der Waals surface area contributed by atoms with E-state index in [0.29, 0.717) is 24.7 Å². The van der Waals surface area contributed by atoms with Crippen molar-refractivity contribution in [2.45, 2.75) is 105 Å². The van der Waals surface area contributed by atoms with Crippen LogP contribution in [0.5, 0.6) is 0 Å². The second kappa shape index (κ2) is 7.80. The highest BCUT2D eigenvalue weighted by Crippen LogP contribution is 2.75. The highest BCUT2D eigenvalue weighted by atomic mass is 16.4. The van der Waals surface area contributed by atoms with Gasteiger partial charge in [-0.3, -0.25) is 4.79 Å². The third kappa shape index (κ3) is 2.95. The maximum Gasteiger partial charge on any atom is 0.310 e. The molecule has 5 nitrogen and oxygen atoms in total. The van der Waals surface area contributed by atoms with Crippen molar-refractivity contribution in [2.75, 3.05) is 6.61 Å². The van der Waals surface area contributed by atoms with Gasteiger partial charge in [-0.1, -0.05) is 53.2 Å². The summed E-state index contributed by atoms with van der Waals surface area (Å²) in [4.78, 5) is 12.8. The van der Waals surface area contributed by atoms with E-state index >= 15 is 0 Å². The molecule has 0 aliphatic heterocycles. The molecule has 5 aliphatic rings. The number of aliphatic hydroxyl groups is 3. The minimum Gasteiger partial charge on any atom is -0.481 e. The van der Waals surface area contributed by atoms with E-state index in [0.717, 1.165) is 38.5 Å². The van der Waals surface area contributed by atoms with Crippen molar-refractivity contribution >= 4 is 5.97 Å². The second-order valence-electron chi connectivity index (χ2n) is 14.6. The summed E-state index contributed by atoms with van der Waals surface area (Å²) in [5.74, 6) is 0.644. The zero-order chi connectivity index (χ0) is 25.8. The van der Waals surface area contributed by atoms with Crippen LogP contribution in [0.1, 0.15) is 92.9 Å². The Labute approximate surface area is 211 Å². The Kier molecular flexibility index (Phi) is 5.73. The number of fused-ring (bicyclic) bond motifs is 7. The molecule has 4 N–H and O–H groups in total. The summed E-state index contributed by atoms with van der Waals surface area (Å²) in [5.41, 5.74) is -0.573. The lowest BCUT2D eigenvalue weighted by Crippen LogP contribution is -2.68. The number of carboxylic acid groups (broad SMARTS) is 1. The first-order valence-electron chi connectivity index (χ1n) is 14.1. The molecule has 0 bridgehead atoms. The topological polar surface area (TPSA) is 98.0 Å². The molecule has 5 rings (SSSR count). The van der Waals surface area contributed by atoms with Crippen molar-refractivity contribution < 1.29 is 25.2 Å². The minimum atomic E-state index is -0.741. The van der Waals surface area contributed by atoms with Crippen LogP contribution >= 0.6 is 0 Å². The molecule has 0 amide bonds. The highest BCUT2D eigenvalue weighted by molar-refractivity contribution is 5.76. The van der Waals surface area contributed by atoms with E-state index in [4.69, 9.17) is 0 Å². The Morgan fingerprint density at radius 2 is 1.69 bits per heavy atom. The molecule has 4 fully saturated rings. The molecule has 0 aromatic rings. The SMILES string of the molecule is CC1C2C3=CCC4C5(C)C[C@@H](O)C(O)C(C)(C)C5CCC4(C)[C@]3(CO)CCC2(C(=O)O)CC[C@H]1C. The van der Waals surface area contributed by atoms with Crippen LogP contribution in [-0.2, 0) is 4.79 Å². The van der Waals surface area contributed by atoms with Gasteiger partial charge in [0.1, 0.15) is 0 Å². The fourth-order valence-electron chi connectivity index (χ4n) is 11.1. The lowest BCUT2D eigenvalue weighted by atomic mass is 9.33. The fraction of sp³-hybridized carbons (Fsp3) is 0.900. The van der Waals surface area contributed by atoms with Crippen molar-refractivity contribution in [1.82, 2.24) is 0 Å². The first-order chi connectivity index (χ1) is 16.2. The standard InChI is InChI=1S/C30H48O5/c1-17-9-12-29(25(34)35)13-14-30(16-31)19(23(29)18(17)2)7-8-22-27(5)15-20(32)24(33)26(3,4)21(27)10-11-28(22,30)6/h7,17-18,20-24,31-33H,8-16H2,1-6H3,(H,34,35)/t17-,18?,20-,21?,22?,23?,24?,27?,28?,29?,30+/m1/s1. The minimum absolute atomic E-state index is 0.0248. The fourth-order valence-corrected chi connectivity index (χ4v) is 11.1. The molecular formula is C30H48O5. The van der Waals surface area contributed by atoms with E-state index in [1.54, 1.807) is 0 Å². The molecule has 0 heterocycles. The molecule has 0 radical (unpaired) electrons. The Morgan fingerprint density at radius 3 is 2.31 bits per heavy atom. The smallest absolute Gasteiger partial charge is 0.310 e. The van der Waals surface area contributed by atoms with E-state index in [-0.39, 0.29) is 40.6 Å². The van der Waals surface area contributed by atoms with Gasteiger partial charge in [0.15, 0.2) is 0 Å². The average Bonchev–Trinajstić information content (AvgIpc) is 2.79. The summed E-state index contributed by atoms with van der Waals surface area (Å²) >= 11 is 0. The number of aliphatic hydroxyl groups excluding tert-OH is 3. The molecule has 35 heavy (non-hydrogen) atoms. The van der Waals surface area contributed by atoms with Gasteiger partial charge >= 0.3 is 5.97 Å². The molecule has 5 heteroatoms. The van der Waals surface area contributed by atoms with Crippen LogP contribution in [0.15, 0.2) is 11.6 Å². The van der Waals surface area contributed by atoms with Gasteiger partial charge in [-0.2, -0.15) is 0 Å². The van der Waals surface area contributed by atoms with Crippen LogP contribution in [0.3, 0.4) is 0 Å². The summed E-state index contributed by atoms with van der Waals surface area (Å²) in [5, 5.41) is 43.7. The Hall–Kier alpha value is -0.910. The first kappa shape index (κ1) is 25.7. The number of aliphatic carboxylic acids is 1. The van der Waals surface area contributed by atoms with Gasteiger partial charge < -0.3 is 20.4 Å². The van der Waals surface area contributed by atoms with Crippen molar-refractivity contribution in [2.24, 2.45) is 56.7 Å². The van der Waals surface area contributed by atoms with Crippen LogP contribution in [0.25, 0.3) is 0 Å². The monoisotopic (exact) mass is 488 g/mol. The van der Waals surface area contributed by atoms with Gasteiger partial charge in [-0.15, -0.1) is 0 Å². The molecule has 5 aliphatic carbocycles. The van der Waals surface area contributed by atoms with Crippen molar-refractivity contribution in [3.8, 4) is 0 Å². The Balaban J connectivity index is 1.65. The Bertz CT molecular complexity index is 926. The molecular weight excluding hydrogens is 440 g/mol. The molecule has 11 atom stereocenters. The van der Waals surface area contributed by atoms with E-state index in [1.165, 1.54) is 5.57 Å². The molecule has 198 valence electrons. The second-order valence-corrected chi connectivity index (χ2v) is 14.6. The maximum absolute atomic E-state index is 12.8. The third-order valence-electron chi connectivity index (χ3n) is 13.3. The summed E-state index contributed by atoms with van der Waals surface area (Å²) in [7, 11) is 0. The average molecular weight is 489 g/mol. The zero-order valence-corrected chi connectivity index (χ0v) is 22.7. The van der Waals surface area contributed by atoms with Gasteiger partial charge in [0.05, 0.1) is 24.2 Å². The number of hydrogen-bond donors (Lipinski definition) is 4. The lowest BCUT2D eigenvalue weighted by Gasteiger charge is -2.71. The summed E-state index contributed by atoms with van der Waals surface area (Å²) in [6.45, 7) is 13.5. The lowest BCUT2D eigenvalue weighted by molar-refractivity contribution is -0.238. The van der Waals surface area contributed by atoms with Crippen molar-refractivity contribution in [3.63, 3.8) is 0 Å². The molecule has 4 saturated carbocycles. The van der Waals surface area contributed by atoms with Crippen LogP contribution in [0.4, 0.5) is 0 Å². The zero-order valence-electron chi connectivity index (χ0n) is 22.7. The molecule has 0 aromatic carbocycles. The van der Waals surface area contributed by atoms with Gasteiger partial charge in [0.2, 0.25) is 0 Å². The summed E-state index contributed by atoms with van der Waals surface area (Å²) in [6.07, 6.45) is 7.34. The van der Waals surface area contributed by atoms with E-state index < -0.39 is 29.0 Å². The first-order valence-corrected chi connectivity index (χ1v) is 14.1. The van der Waals surface area contributed by atoms with Gasteiger partial charge in [-0.25, -0.2) is 0 Å². The maximum atomic E-state index is 12.8. The van der Waals surface area contributed by atoms with Crippen molar-refractivity contribution in [3.05, 3.63) is 11.6 Å². The van der Waals surface area contributed by atoms with Crippen LogP contribution in [0, 0.1) is 56.7 Å². The number of carboxylic acids is 1. The van der Waals surface area contributed by atoms with Crippen LogP contribution < -0.4 is 0 Å².